The Labute approximate surface area is 196 Å². The number of nitrogens with zero attached hydrogens (tertiary/aromatic N) is 3. The summed E-state index contributed by atoms with van der Waals surface area (Å²) in [5.41, 5.74) is -0.210. The Morgan fingerprint density at radius 1 is 1.09 bits per heavy atom. The maximum atomic E-state index is 13.7. The van der Waals surface area contributed by atoms with E-state index in [1.54, 1.807) is 24.3 Å². The predicted octanol–water partition coefficient (Wildman–Crippen LogP) is 2.58. The first kappa shape index (κ1) is 23.5. The van der Waals surface area contributed by atoms with Gasteiger partial charge in [-0.1, -0.05) is 24.3 Å². The van der Waals surface area contributed by atoms with Crippen LogP contribution in [0.4, 0.5) is 19.3 Å². The Morgan fingerprint density at radius 3 is 2.24 bits per heavy atom. The SMILES string of the molecule is CNC(=O)N1CC2(C1)C(=O)N(c1ccc(OC)cc1)CC(=O)N2Cc1ccc(C(C)(F)F)cc1. The molecular formula is C24H26F2N4O4. The van der Waals surface area contributed by atoms with Gasteiger partial charge in [0.1, 0.15) is 12.3 Å². The zero-order chi connectivity index (χ0) is 24.7. The molecule has 2 aliphatic rings. The third-order valence-corrected chi connectivity index (χ3v) is 6.35. The van der Waals surface area contributed by atoms with Crippen molar-refractivity contribution in [3.8, 4) is 5.75 Å². The number of hydrogen-bond donors (Lipinski definition) is 1. The van der Waals surface area contributed by atoms with Crippen LogP contribution in [0.2, 0.25) is 0 Å². The molecule has 180 valence electrons. The lowest BCUT2D eigenvalue weighted by molar-refractivity contribution is -0.161. The fourth-order valence-electron chi connectivity index (χ4n) is 4.39. The zero-order valence-corrected chi connectivity index (χ0v) is 19.2. The lowest BCUT2D eigenvalue weighted by Crippen LogP contribution is -2.81. The highest BCUT2D eigenvalue weighted by molar-refractivity contribution is 6.10. The highest BCUT2D eigenvalue weighted by atomic mass is 19.3. The molecule has 2 aliphatic heterocycles. The Balaban J connectivity index is 1.64. The standard InChI is InChI=1S/C24H26F2N4O4/c1-23(25,26)17-6-4-16(5-7-17)12-30-20(31)13-29(18-8-10-19(34-3)11-9-18)21(32)24(30)14-28(15-24)22(33)27-2/h4-11H,12-15H2,1-3H3,(H,27,33). The Bertz CT molecular complexity index is 1090. The molecule has 2 fully saturated rings. The normalized spacial score (nSPS) is 17.6. The third kappa shape index (κ3) is 4.04. The molecule has 2 aromatic rings. The monoisotopic (exact) mass is 472 g/mol. The highest BCUT2D eigenvalue weighted by Crippen LogP contribution is 2.37. The smallest absolute Gasteiger partial charge is 0.317 e. The van der Waals surface area contributed by atoms with Gasteiger partial charge >= 0.3 is 6.03 Å². The number of hydrogen-bond acceptors (Lipinski definition) is 4. The summed E-state index contributed by atoms with van der Waals surface area (Å²) < 4.78 is 32.3. The van der Waals surface area contributed by atoms with E-state index in [-0.39, 0.29) is 49.6 Å². The van der Waals surface area contributed by atoms with Crippen molar-refractivity contribution in [1.29, 1.82) is 0 Å². The van der Waals surface area contributed by atoms with Crippen LogP contribution in [0.25, 0.3) is 0 Å². The summed E-state index contributed by atoms with van der Waals surface area (Å²) in [6.07, 6.45) is 0. The summed E-state index contributed by atoms with van der Waals surface area (Å²) in [5, 5.41) is 2.53. The minimum Gasteiger partial charge on any atom is -0.497 e. The van der Waals surface area contributed by atoms with Crippen LogP contribution in [0.15, 0.2) is 48.5 Å². The summed E-state index contributed by atoms with van der Waals surface area (Å²) in [4.78, 5) is 43.5. The van der Waals surface area contributed by atoms with Gasteiger partial charge in [0.05, 0.1) is 20.2 Å². The number of likely N-dealkylation sites (tertiary alicyclic amines) is 1. The maximum absolute atomic E-state index is 13.7. The lowest BCUT2D eigenvalue weighted by atomic mass is 9.83. The van der Waals surface area contributed by atoms with Gasteiger partial charge in [0.2, 0.25) is 5.91 Å². The molecule has 0 bridgehead atoms. The summed E-state index contributed by atoms with van der Waals surface area (Å²) in [6, 6.07) is 12.2. The number of carbonyl (C=O) groups is 3. The van der Waals surface area contributed by atoms with Crippen LogP contribution in [-0.2, 0) is 22.1 Å². The number of ether oxygens (including phenoxy) is 1. The third-order valence-electron chi connectivity index (χ3n) is 6.35. The number of nitrogens with one attached hydrogen (secondary N) is 1. The number of halogens is 2. The minimum absolute atomic E-state index is 0.0367. The quantitative estimate of drug-likeness (QED) is 0.725. The fraction of sp³-hybridized carbons (Fsp3) is 0.375. The molecular weight excluding hydrogens is 446 g/mol. The number of rotatable bonds is 5. The van der Waals surface area contributed by atoms with E-state index in [2.05, 4.69) is 5.32 Å². The average Bonchev–Trinajstić information content (AvgIpc) is 2.79. The van der Waals surface area contributed by atoms with Crippen molar-refractivity contribution in [1.82, 2.24) is 15.1 Å². The van der Waals surface area contributed by atoms with Crippen molar-refractivity contribution in [3.05, 3.63) is 59.7 Å². The van der Waals surface area contributed by atoms with Crippen LogP contribution >= 0.6 is 0 Å². The van der Waals surface area contributed by atoms with E-state index in [9.17, 15) is 23.2 Å². The molecule has 0 radical (unpaired) electrons. The highest BCUT2D eigenvalue weighted by Gasteiger charge is 2.60. The van der Waals surface area contributed by atoms with Crippen molar-refractivity contribution in [2.24, 2.45) is 0 Å². The molecule has 0 saturated carbocycles. The van der Waals surface area contributed by atoms with Crippen molar-refractivity contribution in [2.75, 3.05) is 38.7 Å². The van der Waals surface area contributed by atoms with Crippen molar-refractivity contribution < 1.29 is 27.9 Å². The van der Waals surface area contributed by atoms with Gasteiger partial charge < -0.3 is 24.8 Å². The summed E-state index contributed by atoms with van der Waals surface area (Å²) >= 11 is 0. The molecule has 34 heavy (non-hydrogen) atoms. The minimum atomic E-state index is -2.97. The van der Waals surface area contributed by atoms with Crippen molar-refractivity contribution in [3.63, 3.8) is 0 Å². The average molecular weight is 472 g/mol. The van der Waals surface area contributed by atoms with Crippen molar-refractivity contribution in [2.45, 2.75) is 24.9 Å². The maximum Gasteiger partial charge on any atom is 0.317 e. The second-order valence-electron chi connectivity index (χ2n) is 8.60. The van der Waals surface area contributed by atoms with Gasteiger partial charge in [0.15, 0.2) is 5.54 Å². The van der Waals surface area contributed by atoms with Gasteiger partial charge in [-0.25, -0.2) is 13.6 Å². The van der Waals surface area contributed by atoms with Crippen LogP contribution in [0, 0.1) is 0 Å². The van der Waals surface area contributed by atoms with Crippen LogP contribution in [-0.4, -0.2) is 67.0 Å². The molecule has 2 heterocycles. The molecule has 0 aliphatic carbocycles. The van der Waals surface area contributed by atoms with E-state index in [4.69, 9.17) is 4.74 Å². The number of urea groups is 1. The number of anilines is 1. The first-order valence-corrected chi connectivity index (χ1v) is 10.8. The Morgan fingerprint density at radius 2 is 1.71 bits per heavy atom. The second kappa shape index (κ2) is 8.58. The molecule has 0 atom stereocenters. The van der Waals surface area contributed by atoms with Crippen LogP contribution in [0.1, 0.15) is 18.1 Å². The number of amides is 4. The van der Waals surface area contributed by atoms with E-state index in [1.165, 1.54) is 53.1 Å². The molecule has 1 spiro atoms. The van der Waals surface area contributed by atoms with Gasteiger partial charge in [-0.2, -0.15) is 0 Å². The zero-order valence-electron chi connectivity index (χ0n) is 19.2. The summed E-state index contributed by atoms with van der Waals surface area (Å²) in [7, 11) is 3.03. The number of benzene rings is 2. The molecule has 4 amide bonds. The first-order valence-electron chi connectivity index (χ1n) is 10.8. The van der Waals surface area contributed by atoms with E-state index >= 15 is 0 Å². The number of carbonyl (C=O) groups excluding carboxylic acids is 3. The lowest BCUT2D eigenvalue weighted by Gasteiger charge is -2.57. The van der Waals surface area contributed by atoms with Gasteiger partial charge in [0, 0.05) is 31.8 Å². The molecule has 2 aromatic carbocycles. The summed E-state index contributed by atoms with van der Waals surface area (Å²) in [6.45, 7) is 0.791. The van der Waals surface area contributed by atoms with Crippen molar-refractivity contribution >= 4 is 23.5 Å². The van der Waals surface area contributed by atoms with E-state index < -0.39 is 11.5 Å². The van der Waals surface area contributed by atoms with Crippen LogP contribution < -0.4 is 15.0 Å². The number of alkyl halides is 2. The molecule has 2 saturated heterocycles. The topological polar surface area (TPSA) is 82.2 Å². The van der Waals surface area contributed by atoms with Gasteiger partial charge in [-0.05, 0) is 29.8 Å². The van der Waals surface area contributed by atoms with E-state index in [0.717, 1.165) is 6.92 Å². The molecule has 4 rings (SSSR count). The Kier molecular flexibility index (Phi) is 5.93. The van der Waals surface area contributed by atoms with Crippen LogP contribution in [0.3, 0.4) is 0 Å². The molecule has 0 unspecified atom stereocenters. The molecule has 1 N–H and O–H groups in total. The van der Waals surface area contributed by atoms with Gasteiger partial charge in [-0.3, -0.25) is 9.59 Å². The van der Waals surface area contributed by atoms with Gasteiger partial charge in [-0.15, -0.1) is 0 Å². The largest absolute Gasteiger partial charge is 0.497 e. The molecule has 10 heteroatoms. The second-order valence-corrected chi connectivity index (χ2v) is 8.60. The predicted molar refractivity (Wildman–Crippen MR) is 121 cm³/mol. The molecule has 8 nitrogen and oxygen atoms in total. The van der Waals surface area contributed by atoms with Crippen LogP contribution in [0.5, 0.6) is 5.75 Å². The summed E-state index contributed by atoms with van der Waals surface area (Å²) in [5.74, 6) is -2.95. The number of piperazine rings is 1. The van der Waals surface area contributed by atoms with Gasteiger partial charge in [0.25, 0.3) is 11.8 Å². The first-order chi connectivity index (χ1) is 16.1. The van der Waals surface area contributed by atoms with E-state index in [1.807, 2.05) is 0 Å². The Hall–Kier alpha value is -3.69. The fourth-order valence-corrected chi connectivity index (χ4v) is 4.39. The molecule has 0 aromatic heterocycles. The number of methoxy groups -OCH3 is 1. The van der Waals surface area contributed by atoms with E-state index in [0.29, 0.717) is 17.0 Å².